The van der Waals surface area contributed by atoms with Crippen molar-refractivity contribution in [3.05, 3.63) is 90.4 Å². The smallest absolute Gasteiger partial charge is 0.338 e. The van der Waals surface area contributed by atoms with Crippen molar-refractivity contribution in [2.45, 2.75) is 33.7 Å². The zero-order valence-corrected chi connectivity index (χ0v) is 22.4. The van der Waals surface area contributed by atoms with Crippen LogP contribution in [-0.2, 0) is 9.53 Å². The fourth-order valence-corrected chi connectivity index (χ4v) is 5.54. The van der Waals surface area contributed by atoms with Gasteiger partial charge in [0.2, 0.25) is 0 Å². The third kappa shape index (κ3) is 5.09. The highest BCUT2D eigenvalue weighted by atomic mass is 32.1. The number of thiazole rings is 1. The van der Waals surface area contributed by atoms with Crippen molar-refractivity contribution in [1.29, 1.82) is 0 Å². The number of allylic oxidation sites excluding steroid dienone is 1. The number of carbonyl (C=O) groups excluding carboxylic acids is 1. The predicted octanol–water partition coefficient (Wildman–Crippen LogP) is 3.79. The van der Waals surface area contributed by atoms with Crippen LogP contribution in [0.5, 0.6) is 5.75 Å². The van der Waals surface area contributed by atoms with Crippen molar-refractivity contribution < 1.29 is 18.7 Å². The van der Waals surface area contributed by atoms with Crippen molar-refractivity contribution in [1.82, 2.24) is 4.57 Å². The number of esters is 1. The molecule has 0 spiro atoms. The van der Waals surface area contributed by atoms with Crippen LogP contribution in [0.15, 0.2) is 63.5 Å². The van der Waals surface area contributed by atoms with Gasteiger partial charge in [0, 0.05) is 30.4 Å². The molecule has 0 aliphatic carbocycles. The van der Waals surface area contributed by atoms with Gasteiger partial charge in [0.25, 0.3) is 5.56 Å². The molecule has 1 aliphatic rings. The third-order valence-corrected chi connectivity index (χ3v) is 7.32. The van der Waals surface area contributed by atoms with Crippen LogP contribution in [0.25, 0.3) is 6.08 Å². The Morgan fingerprint density at radius 1 is 1.16 bits per heavy atom. The summed E-state index contributed by atoms with van der Waals surface area (Å²) in [7, 11) is 1.60. The summed E-state index contributed by atoms with van der Waals surface area (Å²) in [5.74, 6) is -0.315. The van der Waals surface area contributed by atoms with Crippen LogP contribution < -0.4 is 24.5 Å². The highest BCUT2D eigenvalue weighted by Crippen LogP contribution is 2.31. The van der Waals surface area contributed by atoms with E-state index in [9.17, 15) is 14.0 Å². The molecule has 0 unspecified atom stereocenters. The minimum absolute atomic E-state index is 0.180. The number of anilines is 1. The van der Waals surface area contributed by atoms with Crippen LogP contribution in [0, 0.1) is 5.82 Å². The Hall–Kier alpha value is -3.72. The molecule has 4 rings (SSSR count). The van der Waals surface area contributed by atoms with Gasteiger partial charge in [-0.3, -0.25) is 9.36 Å². The first-order chi connectivity index (χ1) is 17.8. The standard InChI is InChI=1S/C28H30FN3O4S/c1-6-31(7-2)21-14-11-19(22(16-21)35-5)15-23-26(33)32-25(18-9-12-20(29)13-10-18)24(27(34)36-8-3)17(4)30-28(32)37-23/h9-16,25H,6-8H2,1-5H3/b23-15-/t25-/m1/s1. The second-order valence-electron chi connectivity index (χ2n) is 8.45. The van der Waals surface area contributed by atoms with Crippen LogP contribution in [0.2, 0.25) is 0 Å². The van der Waals surface area contributed by atoms with Gasteiger partial charge >= 0.3 is 5.97 Å². The Morgan fingerprint density at radius 2 is 1.86 bits per heavy atom. The van der Waals surface area contributed by atoms with Gasteiger partial charge in [-0.1, -0.05) is 23.5 Å². The lowest BCUT2D eigenvalue weighted by Gasteiger charge is -2.24. The molecule has 0 saturated heterocycles. The van der Waals surface area contributed by atoms with Gasteiger partial charge in [-0.2, -0.15) is 0 Å². The molecule has 0 radical (unpaired) electrons. The lowest BCUT2D eigenvalue weighted by atomic mass is 9.96. The summed E-state index contributed by atoms with van der Waals surface area (Å²) in [5, 5.41) is 0. The lowest BCUT2D eigenvalue weighted by molar-refractivity contribution is -0.139. The Morgan fingerprint density at radius 3 is 2.49 bits per heavy atom. The molecular formula is C28H30FN3O4S. The Balaban J connectivity index is 1.90. The maximum atomic E-state index is 13.8. The van der Waals surface area contributed by atoms with E-state index < -0.39 is 17.8 Å². The fourth-order valence-electron chi connectivity index (χ4n) is 4.50. The molecule has 1 aliphatic heterocycles. The van der Waals surface area contributed by atoms with Gasteiger partial charge in [0.15, 0.2) is 4.80 Å². The number of carbonyl (C=O) groups is 1. The average molecular weight is 524 g/mol. The highest BCUT2D eigenvalue weighted by Gasteiger charge is 2.33. The van der Waals surface area contributed by atoms with Crippen LogP contribution in [0.4, 0.5) is 10.1 Å². The van der Waals surface area contributed by atoms with Gasteiger partial charge in [-0.15, -0.1) is 0 Å². The summed E-state index contributed by atoms with van der Waals surface area (Å²) < 4.78 is 26.6. The normalized spacial score (nSPS) is 15.3. The zero-order valence-electron chi connectivity index (χ0n) is 21.6. The molecule has 0 saturated carbocycles. The van der Waals surface area contributed by atoms with Crippen LogP contribution in [0.3, 0.4) is 0 Å². The molecule has 2 heterocycles. The lowest BCUT2D eigenvalue weighted by Crippen LogP contribution is -2.39. The third-order valence-electron chi connectivity index (χ3n) is 6.34. The van der Waals surface area contributed by atoms with E-state index in [1.54, 1.807) is 39.2 Å². The summed E-state index contributed by atoms with van der Waals surface area (Å²) >= 11 is 1.23. The summed E-state index contributed by atoms with van der Waals surface area (Å²) in [6.45, 7) is 9.53. The van der Waals surface area contributed by atoms with E-state index >= 15 is 0 Å². The van der Waals surface area contributed by atoms with E-state index in [4.69, 9.17) is 9.47 Å². The predicted molar refractivity (Wildman–Crippen MR) is 143 cm³/mol. The Bertz CT molecular complexity index is 1520. The molecule has 0 N–H and O–H groups in total. The maximum Gasteiger partial charge on any atom is 0.338 e. The number of hydrogen-bond acceptors (Lipinski definition) is 7. The number of fused-ring (bicyclic) bond motifs is 1. The van der Waals surface area contributed by atoms with Crippen LogP contribution >= 0.6 is 11.3 Å². The van der Waals surface area contributed by atoms with Gasteiger partial charge in [0.05, 0.1) is 35.6 Å². The molecule has 2 aromatic carbocycles. The Kier molecular flexibility index (Phi) is 7.92. The summed E-state index contributed by atoms with van der Waals surface area (Å²) in [6, 6.07) is 10.9. The number of aromatic nitrogens is 1. The summed E-state index contributed by atoms with van der Waals surface area (Å²) in [4.78, 5) is 33.9. The van der Waals surface area contributed by atoms with E-state index in [1.165, 1.54) is 28.0 Å². The van der Waals surface area contributed by atoms with Crippen LogP contribution in [0.1, 0.15) is 44.9 Å². The topological polar surface area (TPSA) is 73.1 Å². The van der Waals surface area contributed by atoms with Gasteiger partial charge in [-0.05, 0) is 63.6 Å². The zero-order chi connectivity index (χ0) is 26.7. The van der Waals surface area contributed by atoms with Gasteiger partial charge in [-0.25, -0.2) is 14.2 Å². The molecule has 0 bridgehead atoms. The summed E-state index contributed by atoms with van der Waals surface area (Å²) in [5.41, 5.74) is 2.79. The van der Waals surface area contributed by atoms with Gasteiger partial charge < -0.3 is 14.4 Å². The second kappa shape index (κ2) is 11.1. The number of nitrogens with zero attached hydrogens (tertiary/aromatic N) is 3. The van der Waals surface area contributed by atoms with E-state index in [0.29, 0.717) is 26.3 Å². The monoisotopic (exact) mass is 523 g/mol. The summed E-state index contributed by atoms with van der Waals surface area (Å²) in [6.07, 6.45) is 1.78. The van der Waals surface area contributed by atoms with Crippen molar-refractivity contribution in [3.63, 3.8) is 0 Å². The number of methoxy groups -OCH3 is 1. The molecule has 1 aromatic heterocycles. The molecular weight excluding hydrogens is 493 g/mol. The van der Waals surface area contributed by atoms with E-state index in [-0.39, 0.29) is 17.7 Å². The molecule has 1 atom stereocenters. The minimum atomic E-state index is -0.787. The number of hydrogen-bond donors (Lipinski definition) is 0. The van der Waals surface area contributed by atoms with Gasteiger partial charge in [0.1, 0.15) is 11.6 Å². The average Bonchev–Trinajstić information content (AvgIpc) is 3.19. The molecule has 7 nitrogen and oxygen atoms in total. The Labute approximate surface area is 218 Å². The number of halogens is 1. The van der Waals surface area contributed by atoms with Crippen molar-refractivity contribution in [3.8, 4) is 5.75 Å². The number of benzene rings is 2. The maximum absolute atomic E-state index is 13.8. The van der Waals surface area contributed by atoms with Crippen LogP contribution in [-0.4, -0.2) is 37.3 Å². The van der Waals surface area contributed by atoms with E-state index in [1.807, 2.05) is 18.2 Å². The first kappa shape index (κ1) is 26.3. The molecule has 0 amide bonds. The minimum Gasteiger partial charge on any atom is -0.496 e. The number of rotatable bonds is 8. The van der Waals surface area contributed by atoms with E-state index in [0.717, 1.165) is 24.3 Å². The fraction of sp³-hybridized carbons (Fsp3) is 0.321. The molecule has 0 fully saturated rings. The first-order valence-electron chi connectivity index (χ1n) is 12.2. The highest BCUT2D eigenvalue weighted by molar-refractivity contribution is 7.07. The van der Waals surface area contributed by atoms with Crippen molar-refractivity contribution in [2.24, 2.45) is 4.99 Å². The molecule has 3 aromatic rings. The largest absolute Gasteiger partial charge is 0.496 e. The first-order valence-corrected chi connectivity index (χ1v) is 13.0. The second-order valence-corrected chi connectivity index (χ2v) is 9.46. The van der Waals surface area contributed by atoms with E-state index in [2.05, 4.69) is 23.7 Å². The molecule has 9 heteroatoms. The number of ether oxygens (including phenoxy) is 2. The molecule has 194 valence electrons. The quantitative estimate of drug-likeness (QED) is 0.420. The van der Waals surface area contributed by atoms with Crippen molar-refractivity contribution in [2.75, 3.05) is 31.7 Å². The van der Waals surface area contributed by atoms with Crippen molar-refractivity contribution >= 4 is 29.1 Å². The SMILES string of the molecule is CCOC(=O)C1=C(C)N=c2s/c(=C\c3ccc(N(CC)CC)cc3OC)c(=O)n2[C@@H]1c1ccc(F)cc1. The molecule has 37 heavy (non-hydrogen) atoms.